The van der Waals surface area contributed by atoms with E-state index in [-0.39, 0.29) is 0 Å². The molecule has 0 fully saturated rings. The molecule has 70 valence electrons. The first kappa shape index (κ1) is 10.6. The summed E-state index contributed by atoms with van der Waals surface area (Å²) < 4.78 is 0. The zero-order chi connectivity index (χ0) is 10.2. The average Bonchev–Trinajstić information content (AvgIpc) is 2.72. The van der Waals surface area contributed by atoms with Gasteiger partial charge in [-0.25, -0.2) is 0 Å². The molecule has 0 saturated carbocycles. The van der Waals surface area contributed by atoms with Gasteiger partial charge in [0.05, 0.1) is 4.88 Å². The highest BCUT2D eigenvalue weighted by molar-refractivity contribution is 7.10. The second-order valence-corrected chi connectivity index (χ2v) is 3.72. The fourth-order valence-corrected chi connectivity index (χ4v) is 1.42. The molecule has 2 rings (SSSR count). The van der Waals surface area contributed by atoms with E-state index in [2.05, 4.69) is 25.0 Å². The predicted molar refractivity (Wildman–Crippen MR) is 63.4 cm³/mol. The molecular formula is C13H12S. The van der Waals surface area contributed by atoms with Crippen LogP contribution < -0.4 is 0 Å². The van der Waals surface area contributed by atoms with Gasteiger partial charge in [-0.2, -0.15) is 0 Å². The molecule has 1 heteroatoms. The number of hydrogen-bond acceptors (Lipinski definition) is 1. The second-order valence-electron chi connectivity index (χ2n) is 2.78. The fraction of sp³-hybridized carbons (Fsp3) is 0.0769. The molecule has 0 atom stereocenters. The highest BCUT2D eigenvalue weighted by Gasteiger charge is 1.79. The first-order valence-corrected chi connectivity index (χ1v) is 5.22. The lowest BCUT2D eigenvalue weighted by atomic mass is 10.2. The molecular weight excluding hydrogens is 188 g/mol. The number of rotatable bonds is 0. The molecule has 14 heavy (non-hydrogen) atoms. The van der Waals surface area contributed by atoms with Gasteiger partial charge >= 0.3 is 0 Å². The van der Waals surface area contributed by atoms with Crippen LogP contribution in [-0.2, 0) is 0 Å². The Hall–Kier alpha value is -1.52. The SMILES string of the molecule is C#Cc1cccs1.Cc1ccccc1. The van der Waals surface area contributed by atoms with Crippen molar-refractivity contribution in [3.63, 3.8) is 0 Å². The third-order valence-corrected chi connectivity index (χ3v) is 2.40. The van der Waals surface area contributed by atoms with Gasteiger partial charge in [-0.1, -0.05) is 47.9 Å². The van der Waals surface area contributed by atoms with Crippen molar-refractivity contribution in [1.82, 2.24) is 0 Å². The Kier molecular flexibility index (Phi) is 4.54. The zero-order valence-corrected chi connectivity index (χ0v) is 8.92. The Labute approximate surface area is 89.2 Å². The summed E-state index contributed by atoms with van der Waals surface area (Å²) in [5.41, 5.74) is 1.32. The van der Waals surface area contributed by atoms with Gasteiger partial charge in [-0.3, -0.25) is 0 Å². The van der Waals surface area contributed by atoms with Crippen molar-refractivity contribution in [2.75, 3.05) is 0 Å². The van der Waals surface area contributed by atoms with E-state index in [0.29, 0.717) is 0 Å². The Morgan fingerprint density at radius 2 is 1.79 bits per heavy atom. The van der Waals surface area contributed by atoms with Gasteiger partial charge < -0.3 is 0 Å². The van der Waals surface area contributed by atoms with E-state index in [1.807, 2.05) is 35.7 Å². The lowest BCUT2D eigenvalue weighted by molar-refractivity contribution is 1.48. The third kappa shape index (κ3) is 3.93. The normalized spacial score (nSPS) is 8.29. The van der Waals surface area contributed by atoms with Crippen molar-refractivity contribution in [1.29, 1.82) is 0 Å². The van der Waals surface area contributed by atoms with Crippen LogP contribution in [0.3, 0.4) is 0 Å². The van der Waals surface area contributed by atoms with Crippen molar-refractivity contribution in [3.05, 3.63) is 58.3 Å². The molecule has 0 amide bonds. The number of benzene rings is 1. The Morgan fingerprint density at radius 3 is 2.07 bits per heavy atom. The summed E-state index contributed by atoms with van der Waals surface area (Å²) in [7, 11) is 0. The first-order chi connectivity index (χ1) is 6.83. The maximum atomic E-state index is 5.05. The van der Waals surface area contributed by atoms with Gasteiger partial charge in [0.2, 0.25) is 0 Å². The van der Waals surface area contributed by atoms with E-state index in [4.69, 9.17) is 6.42 Å². The van der Waals surface area contributed by atoms with Crippen LogP contribution in [-0.4, -0.2) is 0 Å². The van der Waals surface area contributed by atoms with Gasteiger partial charge in [0.15, 0.2) is 0 Å². The smallest absolute Gasteiger partial charge is 0.0765 e. The number of hydrogen-bond donors (Lipinski definition) is 0. The minimum atomic E-state index is 1.00. The predicted octanol–water partition coefficient (Wildman–Crippen LogP) is 3.72. The molecule has 0 aliphatic carbocycles. The van der Waals surface area contributed by atoms with Crippen LogP contribution >= 0.6 is 11.3 Å². The summed E-state index contributed by atoms with van der Waals surface area (Å²) in [5.74, 6) is 2.53. The van der Waals surface area contributed by atoms with Gasteiger partial charge in [0, 0.05) is 0 Å². The number of aryl methyl sites for hydroxylation is 1. The summed E-state index contributed by atoms with van der Waals surface area (Å²) in [6, 6.07) is 14.1. The van der Waals surface area contributed by atoms with Crippen LogP contribution in [0.2, 0.25) is 0 Å². The highest BCUT2D eigenvalue weighted by atomic mass is 32.1. The molecule has 0 spiro atoms. The van der Waals surface area contributed by atoms with E-state index in [0.717, 1.165) is 4.88 Å². The maximum Gasteiger partial charge on any atom is 0.0765 e. The quantitative estimate of drug-likeness (QED) is 0.568. The monoisotopic (exact) mass is 200 g/mol. The highest BCUT2D eigenvalue weighted by Crippen LogP contribution is 2.04. The van der Waals surface area contributed by atoms with Crippen LogP contribution in [0.4, 0.5) is 0 Å². The van der Waals surface area contributed by atoms with Gasteiger partial charge in [0.1, 0.15) is 0 Å². The minimum Gasteiger partial charge on any atom is -0.135 e. The van der Waals surface area contributed by atoms with Gasteiger partial charge in [0.25, 0.3) is 0 Å². The van der Waals surface area contributed by atoms with Crippen LogP contribution in [0.1, 0.15) is 10.4 Å². The van der Waals surface area contributed by atoms with E-state index in [1.165, 1.54) is 5.56 Å². The van der Waals surface area contributed by atoms with E-state index >= 15 is 0 Å². The van der Waals surface area contributed by atoms with Crippen LogP contribution in [0.25, 0.3) is 0 Å². The Bertz CT molecular complexity index is 379. The van der Waals surface area contributed by atoms with E-state index in [1.54, 1.807) is 11.3 Å². The van der Waals surface area contributed by atoms with Crippen molar-refractivity contribution >= 4 is 11.3 Å². The Morgan fingerprint density at radius 1 is 1.07 bits per heavy atom. The largest absolute Gasteiger partial charge is 0.135 e. The molecule has 1 aromatic heterocycles. The molecule has 2 aromatic rings. The number of thiophene rings is 1. The third-order valence-electron chi connectivity index (χ3n) is 1.60. The molecule has 1 heterocycles. The molecule has 0 bridgehead atoms. The van der Waals surface area contributed by atoms with E-state index in [9.17, 15) is 0 Å². The molecule has 0 aliphatic rings. The molecule has 0 N–H and O–H groups in total. The van der Waals surface area contributed by atoms with Crippen molar-refractivity contribution < 1.29 is 0 Å². The van der Waals surface area contributed by atoms with E-state index < -0.39 is 0 Å². The van der Waals surface area contributed by atoms with Gasteiger partial charge in [-0.05, 0) is 18.4 Å². The molecule has 0 saturated heterocycles. The lowest BCUT2D eigenvalue weighted by Crippen LogP contribution is -1.62. The van der Waals surface area contributed by atoms with Crippen molar-refractivity contribution in [3.8, 4) is 12.3 Å². The Balaban J connectivity index is 0.000000140. The van der Waals surface area contributed by atoms with Crippen LogP contribution in [0.15, 0.2) is 47.8 Å². The van der Waals surface area contributed by atoms with Gasteiger partial charge in [-0.15, -0.1) is 17.8 Å². The summed E-state index contributed by atoms with van der Waals surface area (Å²) >= 11 is 1.59. The summed E-state index contributed by atoms with van der Waals surface area (Å²) in [6.07, 6.45) is 5.05. The molecule has 1 aromatic carbocycles. The topological polar surface area (TPSA) is 0 Å². The summed E-state index contributed by atoms with van der Waals surface area (Å²) in [4.78, 5) is 1.00. The lowest BCUT2D eigenvalue weighted by Gasteiger charge is -1.82. The fourth-order valence-electron chi connectivity index (χ4n) is 0.895. The molecule has 0 radical (unpaired) electrons. The molecule has 0 aliphatic heterocycles. The molecule has 0 nitrogen and oxygen atoms in total. The second kappa shape index (κ2) is 6.01. The summed E-state index contributed by atoms with van der Waals surface area (Å²) in [6.45, 7) is 2.08. The zero-order valence-electron chi connectivity index (χ0n) is 8.10. The minimum absolute atomic E-state index is 1.00. The molecule has 0 unspecified atom stereocenters. The number of terminal acetylenes is 1. The van der Waals surface area contributed by atoms with Crippen LogP contribution in [0, 0.1) is 19.3 Å². The standard InChI is InChI=1S/C7H8.C6H4S/c1-7-5-3-2-4-6-7;1-2-6-4-3-5-7-6/h2-6H,1H3;1,3-5H. The maximum absolute atomic E-state index is 5.05. The van der Waals surface area contributed by atoms with Crippen LogP contribution in [0.5, 0.6) is 0 Å². The van der Waals surface area contributed by atoms with Crippen molar-refractivity contribution in [2.45, 2.75) is 6.92 Å². The average molecular weight is 200 g/mol. The van der Waals surface area contributed by atoms with Crippen molar-refractivity contribution in [2.24, 2.45) is 0 Å². The summed E-state index contributed by atoms with van der Waals surface area (Å²) in [5, 5.41) is 1.97. The first-order valence-electron chi connectivity index (χ1n) is 4.34.